The van der Waals surface area contributed by atoms with Crippen molar-refractivity contribution in [3.8, 4) is 5.75 Å². The molecule has 0 unspecified atom stereocenters. The number of likely N-dealkylation sites (N-methyl/N-ethyl adjacent to an activating group) is 1. The van der Waals surface area contributed by atoms with E-state index in [1.807, 2.05) is 5.38 Å². The Hall–Kier alpha value is -2.41. The Morgan fingerprint density at radius 1 is 1.25 bits per heavy atom. The highest BCUT2D eigenvalue weighted by Gasteiger charge is 2.11. The number of nitrogens with zero attached hydrogens (tertiary/aromatic N) is 1. The number of thiophene rings is 1. The zero-order chi connectivity index (χ0) is 17.4. The quantitative estimate of drug-likeness (QED) is 0.796. The minimum absolute atomic E-state index is 0.112. The van der Waals surface area contributed by atoms with Gasteiger partial charge in [0.05, 0.1) is 11.4 Å². The third-order valence-electron chi connectivity index (χ3n) is 3.32. The molecule has 1 aromatic carbocycles. The molecule has 0 bridgehead atoms. The molecule has 0 aliphatic heterocycles. The number of amides is 2. The minimum Gasteiger partial charge on any atom is -0.489 e. The van der Waals surface area contributed by atoms with Crippen LogP contribution in [0.5, 0.6) is 5.75 Å². The normalized spacial score (nSPS) is 10.2. The molecule has 1 heterocycles. The van der Waals surface area contributed by atoms with Crippen LogP contribution in [0.15, 0.2) is 41.8 Å². The van der Waals surface area contributed by atoms with E-state index in [4.69, 9.17) is 4.74 Å². The van der Waals surface area contributed by atoms with Gasteiger partial charge in [0.25, 0.3) is 5.91 Å². The zero-order valence-corrected chi connectivity index (χ0v) is 14.1. The molecule has 24 heavy (non-hydrogen) atoms. The number of nitrogens with one attached hydrogen (secondary N) is 1. The number of carbonyl (C=O) groups is 2. The lowest BCUT2D eigenvalue weighted by atomic mass is 10.3. The number of para-hydroxylation sites is 1. The number of hydrogen-bond donors (Lipinski definition) is 1. The lowest BCUT2D eigenvalue weighted by Gasteiger charge is -2.17. The molecule has 0 radical (unpaired) electrons. The summed E-state index contributed by atoms with van der Waals surface area (Å²) in [6.07, 6.45) is 0.202. The molecule has 7 heteroatoms. The maximum absolute atomic E-state index is 13.4. The van der Waals surface area contributed by atoms with Gasteiger partial charge >= 0.3 is 0 Å². The second-order valence-corrected chi connectivity index (χ2v) is 6.03. The van der Waals surface area contributed by atoms with E-state index in [0.29, 0.717) is 11.4 Å². The molecular weight excluding hydrogens is 331 g/mol. The molecule has 1 N–H and O–H groups in total. The van der Waals surface area contributed by atoms with Crippen LogP contribution in [-0.2, 0) is 4.79 Å². The van der Waals surface area contributed by atoms with Gasteiger partial charge in [-0.15, -0.1) is 11.3 Å². The summed E-state index contributed by atoms with van der Waals surface area (Å²) in [5.41, 5.74) is 0. The highest BCUT2D eigenvalue weighted by atomic mass is 32.1. The van der Waals surface area contributed by atoms with E-state index >= 15 is 0 Å². The van der Waals surface area contributed by atoms with E-state index in [1.54, 1.807) is 31.3 Å². The Labute approximate surface area is 144 Å². The molecule has 0 spiro atoms. The summed E-state index contributed by atoms with van der Waals surface area (Å²) in [6.45, 7) is 0.810. The van der Waals surface area contributed by atoms with Crippen molar-refractivity contribution in [2.45, 2.75) is 6.42 Å². The number of halogens is 1. The number of carbonyl (C=O) groups excluding carboxylic acids is 2. The SMILES string of the molecule is CN(CCOc1ccccc1F)C(=O)CCNC(=O)c1cccs1. The summed E-state index contributed by atoms with van der Waals surface area (Å²) in [4.78, 5) is 25.8. The third-order valence-corrected chi connectivity index (χ3v) is 4.18. The predicted molar refractivity (Wildman–Crippen MR) is 90.8 cm³/mol. The second kappa shape index (κ2) is 9.02. The van der Waals surface area contributed by atoms with Gasteiger partial charge < -0.3 is 15.0 Å². The van der Waals surface area contributed by atoms with Crippen molar-refractivity contribution in [2.24, 2.45) is 0 Å². The van der Waals surface area contributed by atoms with Gasteiger partial charge in [0.2, 0.25) is 5.91 Å². The summed E-state index contributed by atoms with van der Waals surface area (Å²) in [5.74, 6) is -0.550. The van der Waals surface area contributed by atoms with Crippen molar-refractivity contribution in [3.05, 3.63) is 52.5 Å². The molecule has 1 aromatic heterocycles. The van der Waals surface area contributed by atoms with E-state index in [1.165, 1.54) is 28.4 Å². The predicted octanol–water partition coefficient (Wildman–Crippen LogP) is 2.54. The summed E-state index contributed by atoms with van der Waals surface area (Å²) in [6, 6.07) is 9.66. The Balaban J connectivity index is 1.65. The molecule has 0 saturated carbocycles. The average Bonchev–Trinajstić information content (AvgIpc) is 3.11. The maximum Gasteiger partial charge on any atom is 0.261 e. The van der Waals surface area contributed by atoms with E-state index in [0.717, 1.165) is 0 Å². The highest BCUT2D eigenvalue weighted by Crippen LogP contribution is 2.15. The van der Waals surface area contributed by atoms with Gasteiger partial charge in [-0.1, -0.05) is 18.2 Å². The molecular formula is C17H19FN2O3S. The van der Waals surface area contributed by atoms with Gasteiger partial charge in [-0.2, -0.15) is 0 Å². The van der Waals surface area contributed by atoms with Gasteiger partial charge in [-0.05, 0) is 23.6 Å². The maximum atomic E-state index is 13.4. The lowest BCUT2D eigenvalue weighted by molar-refractivity contribution is -0.130. The van der Waals surface area contributed by atoms with Gasteiger partial charge in [-0.25, -0.2) is 4.39 Å². The molecule has 2 aromatic rings. The Kier molecular flexibility index (Phi) is 6.74. The fourth-order valence-corrected chi connectivity index (χ4v) is 2.59. The number of benzene rings is 1. The molecule has 0 aliphatic rings. The van der Waals surface area contributed by atoms with Gasteiger partial charge in [0, 0.05) is 20.0 Å². The minimum atomic E-state index is -0.428. The summed E-state index contributed by atoms with van der Waals surface area (Å²) in [5, 5.41) is 4.53. The lowest BCUT2D eigenvalue weighted by Crippen LogP contribution is -2.34. The van der Waals surface area contributed by atoms with Crippen LogP contribution in [0.2, 0.25) is 0 Å². The average molecular weight is 350 g/mol. The molecule has 5 nitrogen and oxygen atoms in total. The van der Waals surface area contributed by atoms with Crippen molar-refractivity contribution in [2.75, 3.05) is 26.7 Å². The number of ether oxygens (including phenoxy) is 1. The first kappa shape index (κ1) is 17.9. The van der Waals surface area contributed by atoms with Crippen LogP contribution in [-0.4, -0.2) is 43.5 Å². The van der Waals surface area contributed by atoms with Crippen molar-refractivity contribution >= 4 is 23.2 Å². The molecule has 0 fully saturated rings. The number of hydrogen-bond acceptors (Lipinski definition) is 4. The van der Waals surface area contributed by atoms with Gasteiger partial charge in [-0.3, -0.25) is 9.59 Å². The standard InChI is InChI=1S/C17H19FN2O3S/c1-20(10-11-23-14-6-3-2-5-13(14)18)16(21)8-9-19-17(22)15-7-4-12-24-15/h2-7,12H,8-11H2,1H3,(H,19,22). The van der Waals surface area contributed by atoms with Crippen LogP contribution in [0.25, 0.3) is 0 Å². The monoisotopic (exact) mass is 350 g/mol. The molecule has 0 aliphatic carbocycles. The highest BCUT2D eigenvalue weighted by molar-refractivity contribution is 7.12. The van der Waals surface area contributed by atoms with Crippen LogP contribution in [0.3, 0.4) is 0 Å². The van der Waals surface area contributed by atoms with Gasteiger partial charge in [0.15, 0.2) is 11.6 Å². The van der Waals surface area contributed by atoms with Gasteiger partial charge in [0.1, 0.15) is 6.61 Å². The van der Waals surface area contributed by atoms with E-state index in [9.17, 15) is 14.0 Å². The first-order chi connectivity index (χ1) is 11.6. The number of rotatable bonds is 8. The molecule has 0 saturated heterocycles. The van der Waals surface area contributed by atoms with Crippen LogP contribution in [0.4, 0.5) is 4.39 Å². The van der Waals surface area contributed by atoms with Crippen LogP contribution < -0.4 is 10.1 Å². The van der Waals surface area contributed by atoms with Crippen LogP contribution >= 0.6 is 11.3 Å². The fourth-order valence-electron chi connectivity index (χ4n) is 1.95. The fraction of sp³-hybridized carbons (Fsp3) is 0.294. The smallest absolute Gasteiger partial charge is 0.261 e. The topological polar surface area (TPSA) is 58.6 Å². The van der Waals surface area contributed by atoms with E-state index in [2.05, 4.69) is 5.32 Å². The molecule has 2 rings (SSSR count). The van der Waals surface area contributed by atoms with Crippen molar-refractivity contribution < 1.29 is 18.7 Å². The Morgan fingerprint density at radius 3 is 2.75 bits per heavy atom. The van der Waals surface area contributed by atoms with Crippen molar-refractivity contribution in [1.29, 1.82) is 0 Å². The summed E-state index contributed by atoms with van der Waals surface area (Å²) < 4.78 is 18.7. The first-order valence-corrected chi connectivity index (χ1v) is 8.39. The molecule has 2 amide bonds. The summed E-state index contributed by atoms with van der Waals surface area (Å²) in [7, 11) is 1.65. The molecule has 128 valence electrons. The van der Waals surface area contributed by atoms with E-state index < -0.39 is 5.82 Å². The van der Waals surface area contributed by atoms with Crippen molar-refractivity contribution in [1.82, 2.24) is 10.2 Å². The van der Waals surface area contributed by atoms with Crippen molar-refractivity contribution in [3.63, 3.8) is 0 Å². The Morgan fingerprint density at radius 2 is 2.04 bits per heavy atom. The zero-order valence-electron chi connectivity index (χ0n) is 13.3. The van der Waals surface area contributed by atoms with E-state index in [-0.39, 0.29) is 37.1 Å². The van der Waals surface area contributed by atoms with Crippen LogP contribution in [0.1, 0.15) is 16.1 Å². The third kappa shape index (κ3) is 5.34. The molecule has 0 atom stereocenters. The largest absolute Gasteiger partial charge is 0.489 e. The second-order valence-electron chi connectivity index (χ2n) is 5.08. The van der Waals surface area contributed by atoms with Crippen LogP contribution in [0, 0.1) is 5.82 Å². The summed E-state index contributed by atoms with van der Waals surface area (Å²) >= 11 is 1.35. The first-order valence-electron chi connectivity index (χ1n) is 7.51. The Bertz CT molecular complexity index is 676.